The zero-order chi connectivity index (χ0) is 18.8. The highest BCUT2D eigenvalue weighted by Gasteiger charge is 2.26. The minimum absolute atomic E-state index is 0.868. The maximum Gasteiger partial charge on any atom is 0.152 e. The molecule has 2 aromatic heterocycles. The zero-order valence-corrected chi connectivity index (χ0v) is 16.9. The molecule has 6 heteroatoms. The minimum Gasteiger partial charge on any atom is -0.344 e. The molecule has 3 aromatic rings. The predicted octanol–water partition coefficient (Wildman–Crippen LogP) is 2.81. The summed E-state index contributed by atoms with van der Waals surface area (Å²) in [5, 5.41) is 0. The van der Waals surface area contributed by atoms with Crippen molar-refractivity contribution in [1.82, 2.24) is 14.3 Å². The first-order valence-electron chi connectivity index (χ1n) is 10.3. The summed E-state index contributed by atoms with van der Waals surface area (Å²) in [5.74, 6) is 1.93. The lowest BCUT2D eigenvalue weighted by molar-refractivity contribution is -0.904. The van der Waals surface area contributed by atoms with Gasteiger partial charge in [-0.05, 0) is 30.8 Å². The number of nitrogens with one attached hydrogen (secondary N) is 1. The Morgan fingerprint density at radius 1 is 1.07 bits per heavy atom. The van der Waals surface area contributed by atoms with Crippen molar-refractivity contribution in [2.45, 2.75) is 19.3 Å². The average molecular weight is 393 g/mol. The largest absolute Gasteiger partial charge is 0.344 e. The van der Waals surface area contributed by atoms with E-state index in [1.165, 1.54) is 50.4 Å². The predicted molar refractivity (Wildman–Crippen MR) is 115 cm³/mol. The maximum atomic E-state index is 4.71. The van der Waals surface area contributed by atoms with E-state index in [4.69, 9.17) is 4.37 Å². The summed E-state index contributed by atoms with van der Waals surface area (Å²) in [6, 6.07) is 10.3. The van der Waals surface area contributed by atoms with E-state index in [0.717, 1.165) is 46.3 Å². The first-order chi connectivity index (χ1) is 13.9. The molecule has 0 saturated carbocycles. The van der Waals surface area contributed by atoms with Crippen LogP contribution in [0.15, 0.2) is 48.8 Å². The number of piperazine rings is 1. The Labute approximate surface area is 169 Å². The SMILES string of the molecule is C1=CC[C@H](C[NH+]2CCN(c3ncnc4c(-c5ccccc5)nsc34)CC2)CC1. The highest BCUT2D eigenvalue weighted by atomic mass is 32.1. The molecule has 1 aliphatic heterocycles. The third-order valence-electron chi connectivity index (χ3n) is 6.01. The molecule has 1 saturated heterocycles. The lowest BCUT2D eigenvalue weighted by Crippen LogP contribution is -3.15. The fourth-order valence-electron chi connectivity index (χ4n) is 4.45. The second-order valence-corrected chi connectivity index (χ2v) is 8.64. The van der Waals surface area contributed by atoms with Crippen molar-refractivity contribution < 1.29 is 4.90 Å². The van der Waals surface area contributed by atoms with Gasteiger partial charge in [-0.25, -0.2) is 9.97 Å². The summed E-state index contributed by atoms with van der Waals surface area (Å²) in [7, 11) is 0. The smallest absolute Gasteiger partial charge is 0.152 e. The molecule has 144 valence electrons. The van der Waals surface area contributed by atoms with Crippen LogP contribution in [0.1, 0.15) is 19.3 Å². The van der Waals surface area contributed by atoms with Gasteiger partial charge in [-0.1, -0.05) is 42.5 Å². The molecule has 5 nitrogen and oxygen atoms in total. The number of aromatic nitrogens is 3. The Morgan fingerprint density at radius 3 is 2.71 bits per heavy atom. The van der Waals surface area contributed by atoms with Crippen LogP contribution in [0.2, 0.25) is 0 Å². The zero-order valence-electron chi connectivity index (χ0n) is 16.1. The van der Waals surface area contributed by atoms with E-state index in [0.29, 0.717) is 0 Å². The number of fused-ring (bicyclic) bond motifs is 1. The Hall–Kier alpha value is -2.31. The molecular formula is C22H26N5S+. The molecule has 0 unspecified atom stereocenters. The number of anilines is 1. The number of hydrogen-bond acceptors (Lipinski definition) is 5. The van der Waals surface area contributed by atoms with Gasteiger partial charge in [0.05, 0.1) is 32.7 Å². The summed E-state index contributed by atoms with van der Waals surface area (Å²) in [6.07, 6.45) is 10.3. The van der Waals surface area contributed by atoms with Crippen molar-refractivity contribution in [2.24, 2.45) is 5.92 Å². The van der Waals surface area contributed by atoms with E-state index < -0.39 is 0 Å². The molecule has 3 heterocycles. The first kappa shape index (κ1) is 17.8. The second-order valence-electron chi connectivity index (χ2n) is 7.86. The summed E-state index contributed by atoms with van der Waals surface area (Å²) < 4.78 is 5.83. The van der Waals surface area contributed by atoms with Gasteiger partial charge >= 0.3 is 0 Å². The topological polar surface area (TPSA) is 46.4 Å². The van der Waals surface area contributed by atoms with Crippen molar-refractivity contribution in [3.05, 3.63) is 48.8 Å². The van der Waals surface area contributed by atoms with E-state index in [1.54, 1.807) is 11.2 Å². The molecule has 1 fully saturated rings. The van der Waals surface area contributed by atoms with Crippen molar-refractivity contribution in [2.75, 3.05) is 37.6 Å². The number of hydrogen-bond donors (Lipinski definition) is 1. The van der Waals surface area contributed by atoms with Crippen LogP contribution >= 0.6 is 11.5 Å². The van der Waals surface area contributed by atoms with Crippen LogP contribution in [0.3, 0.4) is 0 Å². The number of rotatable bonds is 4. The van der Waals surface area contributed by atoms with Crippen LogP contribution in [-0.4, -0.2) is 47.1 Å². The molecule has 28 heavy (non-hydrogen) atoms. The van der Waals surface area contributed by atoms with Crippen molar-refractivity contribution in [3.63, 3.8) is 0 Å². The standard InChI is InChI=1S/C22H25N5S/c1-3-7-17(8-4-1)15-26-11-13-27(14-12-26)22-21-20(23-16-24-22)19(25-28-21)18-9-5-2-6-10-18/h1-3,5-6,9-10,16-17H,4,7-8,11-15H2/p+1/t17-/m0/s1. The molecule has 1 aromatic carbocycles. The molecule has 0 bridgehead atoms. The maximum absolute atomic E-state index is 4.71. The summed E-state index contributed by atoms with van der Waals surface area (Å²) in [6.45, 7) is 5.81. The Balaban J connectivity index is 1.32. The van der Waals surface area contributed by atoms with E-state index in [1.807, 2.05) is 18.2 Å². The summed E-state index contributed by atoms with van der Waals surface area (Å²) in [4.78, 5) is 13.4. The fourth-order valence-corrected chi connectivity index (χ4v) is 5.32. The van der Waals surface area contributed by atoms with Gasteiger partial charge in [-0.15, -0.1) is 0 Å². The Morgan fingerprint density at radius 2 is 1.93 bits per heavy atom. The highest BCUT2D eigenvalue weighted by Crippen LogP contribution is 2.34. The van der Waals surface area contributed by atoms with Gasteiger partial charge < -0.3 is 9.80 Å². The molecule has 0 radical (unpaired) electrons. The van der Waals surface area contributed by atoms with Crippen molar-refractivity contribution >= 4 is 27.6 Å². The third kappa shape index (κ3) is 3.54. The van der Waals surface area contributed by atoms with Crippen LogP contribution < -0.4 is 9.80 Å². The molecule has 1 aliphatic carbocycles. The van der Waals surface area contributed by atoms with E-state index in [2.05, 4.69) is 39.2 Å². The van der Waals surface area contributed by atoms with Gasteiger partial charge in [-0.2, -0.15) is 4.37 Å². The Kier molecular flexibility index (Phi) is 5.06. The fraction of sp³-hybridized carbons (Fsp3) is 0.409. The molecule has 2 aliphatic rings. The van der Waals surface area contributed by atoms with E-state index in [-0.39, 0.29) is 0 Å². The first-order valence-corrected chi connectivity index (χ1v) is 11.0. The van der Waals surface area contributed by atoms with Crippen LogP contribution in [0.5, 0.6) is 0 Å². The van der Waals surface area contributed by atoms with Gasteiger partial charge in [0.25, 0.3) is 0 Å². The van der Waals surface area contributed by atoms with Gasteiger partial charge in [0, 0.05) is 11.5 Å². The molecule has 0 amide bonds. The summed E-state index contributed by atoms with van der Waals surface area (Å²) in [5.41, 5.74) is 3.07. The van der Waals surface area contributed by atoms with Crippen LogP contribution in [-0.2, 0) is 0 Å². The van der Waals surface area contributed by atoms with E-state index in [9.17, 15) is 0 Å². The van der Waals surface area contributed by atoms with Crippen LogP contribution in [0, 0.1) is 5.92 Å². The lowest BCUT2D eigenvalue weighted by Gasteiger charge is -2.34. The van der Waals surface area contributed by atoms with Crippen molar-refractivity contribution in [3.8, 4) is 11.3 Å². The normalized spacial score (nSPS) is 20.7. The number of quaternary nitrogens is 1. The second kappa shape index (κ2) is 7.97. The highest BCUT2D eigenvalue weighted by molar-refractivity contribution is 7.14. The minimum atomic E-state index is 0.868. The molecule has 1 N–H and O–H groups in total. The summed E-state index contributed by atoms with van der Waals surface area (Å²) >= 11 is 1.53. The third-order valence-corrected chi connectivity index (χ3v) is 6.84. The van der Waals surface area contributed by atoms with Gasteiger partial charge in [-0.3, -0.25) is 0 Å². The lowest BCUT2D eigenvalue weighted by atomic mass is 9.94. The van der Waals surface area contributed by atoms with Crippen molar-refractivity contribution in [1.29, 1.82) is 0 Å². The molecule has 5 rings (SSSR count). The quantitative estimate of drug-likeness (QED) is 0.694. The molecule has 0 spiro atoms. The molecule has 1 atom stereocenters. The number of benzene rings is 1. The average Bonchev–Trinajstić information content (AvgIpc) is 3.20. The number of nitrogens with zero attached hydrogens (tertiary/aromatic N) is 4. The van der Waals surface area contributed by atoms with Gasteiger partial charge in [0.15, 0.2) is 5.82 Å². The van der Waals surface area contributed by atoms with E-state index >= 15 is 0 Å². The molecular weight excluding hydrogens is 366 g/mol. The number of allylic oxidation sites excluding steroid dienone is 2. The Bertz CT molecular complexity index is 959. The van der Waals surface area contributed by atoms with Crippen LogP contribution in [0.25, 0.3) is 21.5 Å². The monoisotopic (exact) mass is 392 g/mol. The van der Waals surface area contributed by atoms with Gasteiger partial charge in [0.2, 0.25) is 0 Å². The van der Waals surface area contributed by atoms with Gasteiger partial charge in [0.1, 0.15) is 22.2 Å². The van der Waals surface area contributed by atoms with Crippen LogP contribution in [0.4, 0.5) is 5.82 Å².